The van der Waals surface area contributed by atoms with E-state index in [1.54, 1.807) is 13.8 Å². The van der Waals surface area contributed by atoms with Crippen LogP contribution in [0.1, 0.15) is 55.4 Å². The summed E-state index contributed by atoms with van der Waals surface area (Å²) in [5.74, 6) is -0.149. The lowest BCUT2D eigenvalue weighted by Gasteiger charge is -2.30. The first-order valence-corrected chi connectivity index (χ1v) is 12.1. The van der Waals surface area contributed by atoms with Crippen molar-refractivity contribution < 1.29 is 42.6 Å². The van der Waals surface area contributed by atoms with Crippen LogP contribution in [0.2, 0.25) is 0 Å². The van der Waals surface area contributed by atoms with Gasteiger partial charge in [0.1, 0.15) is 24.4 Å². The van der Waals surface area contributed by atoms with Crippen molar-refractivity contribution in [3.8, 4) is 0 Å². The molecule has 0 amide bonds. The second-order valence-corrected chi connectivity index (χ2v) is 10.9. The highest BCUT2D eigenvalue weighted by Crippen LogP contribution is 2.49. The van der Waals surface area contributed by atoms with Crippen LogP contribution in [0.15, 0.2) is 0 Å². The Labute approximate surface area is 179 Å². The highest BCUT2D eigenvalue weighted by atomic mass is 31.2. The van der Waals surface area contributed by atoms with Crippen molar-refractivity contribution in [2.24, 2.45) is 5.92 Å². The van der Waals surface area contributed by atoms with E-state index >= 15 is 0 Å². The summed E-state index contributed by atoms with van der Waals surface area (Å²) in [6.07, 6.45) is -3.87. The predicted octanol–water partition coefficient (Wildman–Crippen LogP) is 2.67. The van der Waals surface area contributed by atoms with E-state index in [9.17, 15) is 14.6 Å². The zero-order chi connectivity index (χ0) is 22.9. The minimum Gasteiger partial charge on any atom is -0.388 e. The summed E-state index contributed by atoms with van der Waals surface area (Å²) >= 11 is 0. The SMILES string of the molecule is CC(C)OC[C@H]1O[C@@H](C)C(OP(=O)(O)OC[C@H]2O[C@@H](C)C(O)[C@H]2OC(C)(C)C)[C@H]1C. The lowest BCUT2D eigenvalue weighted by molar-refractivity contribution is -0.119. The average molecular weight is 454 g/mol. The number of aliphatic hydroxyl groups is 1. The van der Waals surface area contributed by atoms with Crippen LogP contribution >= 0.6 is 7.82 Å². The molecule has 30 heavy (non-hydrogen) atoms. The van der Waals surface area contributed by atoms with Gasteiger partial charge in [0.25, 0.3) is 0 Å². The molecule has 178 valence electrons. The van der Waals surface area contributed by atoms with Gasteiger partial charge in [-0.25, -0.2) is 4.57 Å². The molecule has 0 saturated carbocycles. The van der Waals surface area contributed by atoms with Crippen LogP contribution < -0.4 is 0 Å². The van der Waals surface area contributed by atoms with Crippen molar-refractivity contribution >= 4 is 7.82 Å². The Morgan fingerprint density at radius 3 is 2.17 bits per heavy atom. The highest BCUT2D eigenvalue weighted by Gasteiger charge is 2.47. The molecule has 0 aromatic rings. The van der Waals surface area contributed by atoms with Crippen LogP contribution in [0.4, 0.5) is 0 Å². The van der Waals surface area contributed by atoms with Gasteiger partial charge in [-0.2, -0.15) is 0 Å². The molecule has 9 nitrogen and oxygen atoms in total. The van der Waals surface area contributed by atoms with Gasteiger partial charge >= 0.3 is 7.82 Å². The minimum absolute atomic E-state index is 0.0655. The smallest absolute Gasteiger partial charge is 0.388 e. The van der Waals surface area contributed by atoms with Crippen molar-refractivity contribution in [2.45, 2.75) is 110 Å². The molecule has 10 heteroatoms. The maximum Gasteiger partial charge on any atom is 0.472 e. The van der Waals surface area contributed by atoms with Crippen molar-refractivity contribution in [1.29, 1.82) is 0 Å². The number of hydrogen-bond donors (Lipinski definition) is 2. The summed E-state index contributed by atoms with van der Waals surface area (Å²) in [4.78, 5) is 10.3. The van der Waals surface area contributed by atoms with Gasteiger partial charge in [0.05, 0.1) is 43.2 Å². The molecule has 2 N–H and O–H groups in total. The van der Waals surface area contributed by atoms with Crippen LogP contribution in [-0.2, 0) is 32.6 Å². The first-order valence-electron chi connectivity index (χ1n) is 10.6. The fraction of sp³-hybridized carbons (Fsp3) is 1.00. The zero-order valence-electron chi connectivity index (χ0n) is 19.3. The first kappa shape index (κ1) is 26.2. The lowest BCUT2D eigenvalue weighted by Crippen LogP contribution is -2.41. The number of phosphoric acid groups is 1. The quantitative estimate of drug-likeness (QED) is 0.508. The van der Waals surface area contributed by atoms with E-state index in [1.165, 1.54) is 0 Å². The molecule has 0 aromatic heterocycles. The standard InChI is InChI=1S/C20H39O9P/c1-11(2)24-9-15-12(3)18(14(5)27-15)29-30(22,23)25-10-16-19(28-20(6,7)8)17(21)13(4)26-16/h11-19,21H,9-10H2,1-8H3,(H,22,23)/t12-,13-,14-,15+,16+,17?,18?,19-/m0/s1. The Balaban J connectivity index is 1.94. The summed E-state index contributed by atoms with van der Waals surface area (Å²) in [5, 5.41) is 10.3. The molecule has 0 bridgehead atoms. The van der Waals surface area contributed by atoms with Crippen LogP contribution in [0.3, 0.4) is 0 Å². The minimum atomic E-state index is -4.39. The Morgan fingerprint density at radius 1 is 1.00 bits per heavy atom. The van der Waals surface area contributed by atoms with E-state index < -0.39 is 43.9 Å². The topological polar surface area (TPSA) is 113 Å². The Kier molecular flexibility index (Phi) is 8.93. The monoisotopic (exact) mass is 454 g/mol. The molecule has 2 heterocycles. The van der Waals surface area contributed by atoms with E-state index in [1.807, 2.05) is 41.5 Å². The molecule has 2 aliphatic heterocycles. The van der Waals surface area contributed by atoms with Gasteiger partial charge in [-0.1, -0.05) is 6.92 Å². The molecule has 2 fully saturated rings. The van der Waals surface area contributed by atoms with E-state index in [4.69, 9.17) is 28.0 Å². The zero-order valence-corrected chi connectivity index (χ0v) is 20.2. The molecule has 9 atom stereocenters. The second kappa shape index (κ2) is 10.2. The molecule has 0 radical (unpaired) electrons. The second-order valence-electron chi connectivity index (χ2n) is 9.52. The Bertz CT molecular complexity index is 593. The lowest BCUT2D eigenvalue weighted by atomic mass is 9.99. The van der Waals surface area contributed by atoms with Crippen LogP contribution in [0.25, 0.3) is 0 Å². The van der Waals surface area contributed by atoms with Gasteiger partial charge in [0.15, 0.2) is 0 Å². The van der Waals surface area contributed by atoms with Gasteiger partial charge < -0.3 is 28.9 Å². The van der Waals surface area contributed by atoms with Gasteiger partial charge in [-0.15, -0.1) is 0 Å². The van der Waals surface area contributed by atoms with E-state index in [2.05, 4.69) is 0 Å². The van der Waals surface area contributed by atoms with Crippen molar-refractivity contribution in [3.63, 3.8) is 0 Å². The van der Waals surface area contributed by atoms with Gasteiger partial charge in [0.2, 0.25) is 0 Å². The van der Waals surface area contributed by atoms with Crippen molar-refractivity contribution in [3.05, 3.63) is 0 Å². The molecular formula is C20H39O9P. The third-order valence-corrected chi connectivity index (χ3v) is 6.26. The normalized spacial score (nSPS) is 39.6. The van der Waals surface area contributed by atoms with E-state index in [0.717, 1.165) is 0 Å². The van der Waals surface area contributed by atoms with E-state index in [0.29, 0.717) is 6.61 Å². The maximum atomic E-state index is 12.6. The fourth-order valence-electron chi connectivity index (χ4n) is 3.74. The van der Waals surface area contributed by atoms with Gasteiger partial charge in [0, 0.05) is 5.92 Å². The Hall–Kier alpha value is -0.0900. The number of phosphoric ester groups is 1. The number of rotatable bonds is 9. The maximum absolute atomic E-state index is 12.6. The molecule has 0 aromatic carbocycles. The van der Waals surface area contributed by atoms with Gasteiger partial charge in [-0.3, -0.25) is 9.05 Å². The summed E-state index contributed by atoms with van der Waals surface area (Å²) in [6.45, 7) is 15.0. The summed E-state index contributed by atoms with van der Waals surface area (Å²) in [5.41, 5.74) is -0.518. The molecule has 2 saturated heterocycles. The van der Waals surface area contributed by atoms with Crippen LogP contribution in [-0.4, -0.2) is 77.6 Å². The number of ether oxygens (including phenoxy) is 4. The van der Waals surface area contributed by atoms with Crippen LogP contribution in [0, 0.1) is 5.92 Å². The highest BCUT2D eigenvalue weighted by molar-refractivity contribution is 7.47. The molecule has 0 aliphatic carbocycles. The van der Waals surface area contributed by atoms with Crippen molar-refractivity contribution in [2.75, 3.05) is 13.2 Å². The largest absolute Gasteiger partial charge is 0.472 e. The molecule has 0 spiro atoms. The molecule has 2 aliphatic rings. The van der Waals surface area contributed by atoms with Gasteiger partial charge in [-0.05, 0) is 48.5 Å². The molecule has 2 rings (SSSR count). The summed E-state index contributed by atoms with van der Waals surface area (Å²) < 4.78 is 46.3. The van der Waals surface area contributed by atoms with Crippen molar-refractivity contribution in [1.82, 2.24) is 0 Å². The molecule has 3 unspecified atom stereocenters. The third kappa shape index (κ3) is 7.22. The van der Waals surface area contributed by atoms with Crippen LogP contribution in [0.5, 0.6) is 0 Å². The third-order valence-electron chi connectivity index (χ3n) is 5.27. The summed E-state index contributed by atoms with van der Waals surface area (Å²) in [7, 11) is -4.39. The van der Waals surface area contributed by atoms with E-state index in [-0.39, 0.29) is 30.8 Å². The molecular weight excluding hydrogens is 415 g/mol. The first-order chi connectivity index (χ1) is 13.7. The Morgan fingerprint density at radius 2 is 1.60 bits per heavy atom. The number of hydrogen-bond acceptors (Lipinski definition) is 8. The number of aliphatic hydroxyl groups excluding tert-OH is 1. The predicted molar refractivity (Wildman–Crippen MR) is 110 cm³/mol. The summed E-state index contributed by atoms with van der Waals surface area (Å²) in [6, 6.07) is 0. The average Bonchev–Trinajstić information content (AvgIpc) is 3.01. The fourth-order valence-corrected chi connectivity index (χ4v) is 4.80.